The molecule has 162 valence electrons. The zero-order valence-electron chi connectivity index (χ0n) is 18.1. The maximum absolute atomic E-state index is 13.6. The van der Waals surface area contributed by atoms with Gasteiger partial charge in [-0.2, -0.15) is 0 Å². The topological polar surface area (TPSA) is 84.0 Å². The number of hydrogen-bond donors (Lipinski definition) is 0. The highest BCUT2D eigenvalue weighted by Crippen LogP contribution is 2.65. The lowest BCUT2D eigenvalue weighted by molar-refractivity contribution is -0.204. The van der Waals surface area contributed by atoms with Crippen molar-refractivity contribution in [1.82, 2.24) is 4.90 Å². The van der Waals surface area contributed by atoms with Gasteiger partial charge in [0.15, 0.2) is 0 Å². The van der Waals surface area contributed by atoms with Crippen LogP contribution in [0.15, 0.2) is 41.5 Å². The lowest BCUT2D eigenvalue weighted by Gasteiger charge is -2.62. The third-order valence-corrected chi connectivity index (χ3v) is 8.21. The van der Waals surface area contributed by atoms with Crippen LogP contribution in [0.5, 0.6) is 0 Å². The molecule has 5 aliphatic rings. The van der Waals surface area contributed by atoms with E-state index in [1.165, 1.54) is 17.6 Å². The van der Waals surface area contributed by atoms with Crippen LogP contribution in [-0.2, 0) is 23.9 Å². The number of para-hydroxylation sites is 1. The first-order valence-electron chi connectivity index (χ1n) is 10.7. The Morgan fingerprint density at radius 3 is 2.29 bits per heavy atom. The minimum absolute atomic E-state index is 0.240. The highest BCUT2D eigenvalue weighted by Gasteiger charge is 2.76. The van der Waals surface area contributed by atoms with Crippen LogP contribution in [0, 0.1) is 29.1 Å². The van der Waals surface area contributed by atoms with Crippen LogP contribution in [0.4, 0.5) is 5.69 Å². The van der Waals surface area contributed by atoms with Gasteiger partial charge in [-0.3, -0.25) is 19.2 Å². The van der Waals surface area contributed by atoms with Crippen LogP contribution in [0.25, 0.3) is 0 Å². The molecule has 3 saturated heterocycles. The molecule has 1 saturated carbocycles. The molecular weight excluding hydrogens is 396 g/mol. The fourth-order valence-electron chi connectivity index (χ4n) is 6.79. The van der Waals surface area contributed by atoms with E-state index in [0.29, 0.717) is 18.5 Å². The Morgan fingerprint density at radius 1 is 1.00 bits per heavy atom. The van der Waals surface area contributed by atoms with E-state index in [1.807, 2.05) is 19.9 Å². The minimum atomic E-state index is -1.11. The second-order valence-electron chi connectivity index (χ2n) is 9.40. The number of imide groups is 1. The number of esters is 1. The summed E-state index contributed by atoms with van der Waals surface area (Å²) >= 11 is 0. The van der Waals surface area contributed by atoms with Crippen LogP contribution in [-0.4, -0.2) is 48.8 Å². The molecule has 0 unspecified atom stereocenters. The SMILES string of the molecule is COC(=O)[C@]12CC(C)=C(C)C[C@@H]1[C@H]1[C@H]3C(=O)N(c4ccccc4)C(=O)[C@H]3[C@H]2C(=O)N1C. The van der Waals surface area contributed by atoms with Gasteiger partial charge >= 0.3 is 5.97 Å². The molecule has 7 heteroatoms. The number of carbonyl (C=O) groups is 4. The zero-order chi connectivity index (χ0) is 22.2. The van der Waals surface area contributed by atoms with Gasteiger partial charge in [0, 0.05) is 19.0 Å². The molecule has 0 spiro atoms. The number of anilines is 1. The molecule has 2 bridgehead atoms. The largest absolute Gasteiger partial charge is 0.469 e. The van der Waals surface area contributed by atoms with Crippen LogP contribution in [0.2, 0.25) is 0 Å². The van der Waals surface area contributed by atoms with Gasteiger partial charge in [-0.1, -0.05) is 29.3 Å². The molecule has 31 heavy (non-hydrogen) atoms. The normalized spacial score (nSPS) is 36.6. The van der Waals surface area contributed by atoms with E-state index < -0.39 is 35.2 Å². The van der Waals surface area contributed by atoms with Crippen molar-refractivity contribution < 1.29 is 23.9 Å². The summed E-state index contributed by atoms with van der Waals surface area (Å²) in [7, 11) is 3.03. The average molecular weight is 422 g/mol. The molecule has 4 fully saturated rings. The lowest BCUT2D eigenvalue weighted by Crippen LogP contribution is -2.74. The molecule has 0 N–H and O–H groups in total. The third-order valence-electron chi connectivity index (χ3n) is 8.21. The van der Waals surface area contributed by atoms with E-state index in [0.717, 1.165) is 5.57 Å². The summed E-state index contributed by atoms with van der Waals surface area (Å²) in [5.74, 6) is -4.00. The van der Waals surface area contributed by atoms with Gasteiger partial charge in [0.2, 0.25) is 17.7 Å². The Balaban J connectivity index is 1.71. The van der Waals surface area contributed by atoms with E-state index in [9.17, 15) is 19.2 Å². The van der Waals surface area contributed by atoms with E-state index in [1.54, 1.807) is 36.2 Å². The monoisotopic (exact) mass is 422 g/mol. The number of benzene rings is 1. The predicted octanol–water partition coefficient (Wildman–Crippen LogP) is 2.17. The number of carbonyl (C=O) groups excluding carboxylic acids is 4. The predicted molar refractivity (Wildman–Crippen MR) is 112 cm³/mol. The zero-order valence-corrected chi connectivity index (χ0v) is 18.1. The van der Waals surface area contributed by atoms with Gasteiger partial charge in [0.05, 0.1) is 36.0 Å². The Hall–Kier alpha value is -2.96. The summed E-state index contributed by atoms with van der Waals surface area (Å²) in [6, 6.07) is 8.29. The van der Waals surface area contributed by atoms with Crippen LogP contribution < -0.4 is 4.90 Å². The highest BCUT2D eigenvalue weighted by atomic mass is 16.5. The molecule has 3 aliphatic heterocycles. The van der Waals surface area contributed by atoms with Crippen molar-refractivity contribution in [2.45, 2.75) is 32.7 Å². The van der Waals surface area contributed by atoms with Crippen molar-refractivity contribution in [3.63, 3.8) is 0 Å². The van der Waals surface area contributed by atoms with Crippen molar-refractivity contribution in [3.8, 4) is 0 Å². The molecule has 1 aromatic carbocycles. The Kier molecular flexibility index (Phi) is 4.20. The van der Waals surface area contributed by atoms with Gasteiger partial charge in [0.25, 0.3) is 0 Å². The van der Waals surface area contributed by atoms with Gasteiger partial charge in [0.1, 0.15) is 0 Å². The van der Waals surface area contributed by atoms with Crippen molar-refractivity contribution in [3.05, 3.63) is 41.5 Å². The summed E-state index contributed by atoms with van der Waals surface area (Å²) in [4.78, 5) is 56.9. The molecule has 3 heterocycles. The van der Waals surface area contributed by atoms with Crippen LogP contribution >= 0.6 is 0 Å². The van der Waals surface area contributed by atoms with Gasteiger partial charge < -0.3 is 9.64 Å². The van der Waals surface area contributed by atoms with Gasteiger partial charge in [-0.05, 0) is 38.8 Å². The first-order chi connectivity index (χ1) is 14.8. The fraction of sp³-hybridized carbons (Fsp3) is 0.500. The number of rotatable bonds is 2. The van der Waals surface area contributed by atoms with Crippen LogP contribution in [0.1, 0.15) is 26.7 Å². The second kappa shape index (κ2) is 6.52. The smallest absolute Gasteiger partial charge is 0.313 e. The standard InChI is InChI=1S/C24H26N2O5/c1-12-10-15-19-17-16(20(27)26(21(17)28)14-8-6-5-7-9-14)18(22(29)25(19)3)24(15,11-13(12)2)23(30)31-4/h5-9,15-19H,10-11H2,1-4H3/t15-,16-,17+,18+,19+,24-/m1/s1. The van der Waals surface area contributed by atoms with Crippen molar-refractivity contribution in [2.24, 2.45) is 29.1 Å². The molecular formula is C24H26N2O5. The van der Waals surface area contributed by atoms with Crippen molar-refractivity contribution in [1.29, 1.82) is 0 Å². The van der Waals surface area contributed by atoms with Gasteiger partial charge in [-0.15, -0.1) is 0 Å². The Morgan fingerprint density at radius 2 is 1.65 bits per heavy atom. The molecule has 0 aromatic heterocycles. The minimum Gasteiger partial charge on any atom is -0.469 e. The van der Waals surface area contributed by atoms with Gasteiger partial charge in [-0.25, -0.2) is 4.90 Å². The highest BCUT2D eigenvalue weighted by molar-refractivity contribution is 6.24. The quantitative estimate of drug-likeness (QED) is 0.414. The number of amides is 3. The van der Waals surface area contributed by atoms with E-state index in [-0.39, 0.29) is 23.6 Å². The van der Waals surface area contributed by atoms with Crippen LogP contribution in [0.3, 0.4) is 0 Å². The molecule has 1 aromatic rings. The van der Waals surface area contributed by atoms with E-state index in [2.05, 4.69) is 0 Å². The number of fused-ring (bicyclic) bond motifs is 1. The van der Waals surface area contributed by atoms with E-state index >= 15 is 0 Å². The molecule has 6 atom stereocenters. The maximum atomic E-state index is 13.6. The Bertz CT molecular complexity index is 1050. The van der Waals surface area contributed by atoms with E-state index in [4.69, 9.17) is 4.74 Å². The molecule has 7 nitrogen and oxygen atoms in total. The summed E-state index contributed by atoms with van der Waals surface area (Å²) in [6.45, 7) is 4.01. The molecule has 0 radical (unpaired) electrons. The molecule has 3 amide bonds. The maximum Gasteiger partial charge on any atom is 0.313 e. The summed E-state index contributed by atoms with van der Waals surface area (Å²) in [5, 5.41) is 0. The summed E-state index contributed by atoms with van der Waals surface area (Å²) < 4.78 is 5.25. The molecule has 6 rings (SSSR count). The molecule has 2 aliphatic carbocycles. The lowest BCUT2D eigenvalue weighted by atomic mass is 9.44. The number of hydrogen-bond acceptors (Lipinski definition) is 5. The first-order valence-corrected chi connectivity index (χ1v) is 10.7. The number of methoxy groups -OCH3 is 1. The number of allylic oxidation sites excluding steroid dienone is 2. The average Bonchev–Trinajstić information content (AvgIpc) is 3.02. The number of piperidine rings is 2. The fourth-order valence-corrected chi connectivity index (χ4v) is 6.79. The third kappa shape index (κ3) is 2.29. The summed E-state index contributed by atoms with van der Waals surface area (Å²) in [5.41, 5.74) is 1.61. The second-order valence-corrected chi connectivity index (χ2v) is 9.40. The first kappa shape index (κ1) is 20.0. The number of ether oxygens (including phenoxy) is 1. The number of nitrogens with zero attached hydrogens (tertiary/aromatic N) is 2. The Labute approximate surface area is 181 Å². The van der Waals surface area contributed by atoms with Crippen molar-refractivity contribution >= 4 is 29.4 Å². The summed E-state index contributed by atoms with van der Waals surface area (Å²) in [6.07, 6.45) is 0.989. The van der Waals surface area contributed by atoms with Crippen molar-refractivity contribution in [2.75, 3.05) is 19.1 Å².